The smallest absolute Gasteiger partial charge is 0.120 e. The SMILES string of the molecule is CCC(=CC1CCCCC1)CCC=O. The molecule has 0 amide bonds. The number of carbonyl (C=O) groups excluding carboxylic acids is 1. The lowest BCUT2D eigenvalue weighted by Crippen LogP contribution is -2.04. The lowest BCUT2D eigenvalue weighted by molar-refractivity contribution is -0.107. The van der Waals surface area contributed by atoms with Crippen molar-refractivity contribution in [1.29, 1.82) is 0 Å². The summed E-state index contributed by atoms with van der Waals surface area (Å²) in [5, 5.41) is 0. The van der Waals surface area contributed by atoms with Gasteiger partial charge in [0.15, 0.2) is 0 Å². The summed E-state index contributed by atoms with van der Waals surface area (Å²) in [6.07, 6.45) is 13.2. The molecule has 1 heteroatoms. The average Bonchev–Trinajstić information content (AvgIpc) is 2.25. The monoisotopic (exact) mass is 194 g/mol. The minimum atomic E-state index is 0.701. The van der Waals surface area contributed by atoms with Crippen LogP contribution in [0.4, 0.5) is 0 Å². The van der Waals surface area contributed by atoms with E-state index in [9.17, 15) is 4.79 Å². The van der Waals surface area contributed by atoms with Crippen LogP contribution in [0.5, 0.6) is 0 Å². The van der Waals surface area contributed by atoms with Gasteiger partial charge in [-0.2, -0.15) is 0 Å². The molecule has 0 aromatic rings. The van der Waals surface area contributed by atoms with E-state index in [1.54, 1.807) is 0 Å². The predicted molar refractivity (Wildman–Crippen MR) is 60.2 cm³/mol. The van der Waals surface area contributed by atoms with Crippen molar-refractivity contribution in [3.63, 3.8) is 0 Å². The fourth-order valence-corrected chi connectivity index (χ4v) is 2.26. The lowest BCUT2D eigenvalue weighted by Gasteiger charge is -2.19. The molecule has 0 aliphatic heterocycles. The Kier molecular flexibility index (Phi) is 5.58. The second-order valence-corrected chi connectivity index (χ2v) is 4.28. The zero-order valence-electron chi connectivity index (χ0n) is 9.30. The van der Waals surface area contributed by atoms with Crippen molar-refractivity contribution < 1.29 is 4.79 Å². The Morgan fingerprint density at radius 3 is 2.57 bits per heavy atom. The minimum Gasteiger partial charge on any atom is -0.303 e. The maximum absolute atomic E-state index is 10.3. The number of allylic oxidation sites excluding steroid dienone is 2. The third-order valence-corrected chi connectivity index (χ3v) is 3.16. The van der Waals surface area contributed by atoms with E-state index < -0.39 is 0 Å². The van der Waals surface area contributed by atoms with Crippen LogP contribution < -0.4 is 0 Å². The molecule has 14 heavy (non-hydrogen) atoms. The van der Waals surface area contributed by atoms with E-state index in [1.165, 1.54) is 37.7 Å². The third kappa shape index (κ3) is 4.08. The molecule has 0 unspecified atom stereocenters. The van der Waals surface area contributed by atoms with Gasteiger partial charge in [-0.3, -0.25) is 0 Å². The van der Waals surface area contributed by atoms with Crippen molar-refractivity contribution in [2.24, 2.45) is 5.92 Å². The topological polar surface area (TPSA) is 17.1 Å². The van der Waals surface area contributed by atoms with Gasteiger partial charge in [0.1, 0.15) is 6.29 Å². The van der Waals surface area contributed by atoms with Crippen molar-refractivity contribution >= 4 is 6.29 Å². The van der Waals surface area contributed by atoms with E-state index >= 15 is 0 Å². The standard InChI is InChI=1S/C13H22O/c1-2-12(9-6-10-14)11-13-7-4-3-5-8-13/h10-11,13H,2-9H2,1H3. The van der Waals surface area contributed by atoms with E-state index in [-0.39, 0.29) is 0 Å². The molecular weight excluding hydrogens is 172 g/mol. The first-order chi connectivity index (χ1) is 6.86. The molecule has 0 radical (unpaired) electrons. The molecule has 0 spiro atoms. The van der Waals surface area contributed by atoms with Crippen LogP contribution in [0.25, 0.3) is 0 Å². The molecule has 0 saturated heterocycles. The molecule has 1 rings (SSSR count). The van der Waals surface area contributed by atoms with E-state index in [0.29, 0.717) is 6.42 Å². The van der Waals surface area contributed by atoms with Crippen LogP contribution >= 0.6 is 0 Å². The quantitative estimate of drug-likeness (QED) is 0.479. The number of hydrogen-bond acceptors (Lipinski definition) is 1. The first-order valence-corrected chi connectivity index (χ1v) is 6.00. The molecule has 1 aliphatic carbocycles. The van der Waals surface area contributed by atoms with Gasteiger partial charge in [0.25, 0.3) is 0 Å². The Labute approximate surface area is 87.6 Å². The molecular formula is C13H22O. The molecule has 1 fully saturated rings. The summed E-state index contributed by atoms with van der Waals surface area (Å²) in [6, 6.07) is 0. The van der Waals surface area contributed by atoms with Crippen molar-refractivity contribution in [3.8, 4) is 0 Å². The highest BCUT2D eigenvalue weighted by atomic mass is 16.1. The summed E-state index contributed by atoms with van der Waals surface area (Å²) in [5.74, 6) is 0.811. The summed E-state index contributed by atoms with van der Waals surface area (Å²) >= 11 is 0. The molecule has 0 N–H and O–H groups in total. The van der Waals surface area contributed by atoms with Gasteiger partial charge in [-0.15, -0.1) is 0 Å². The molecule has 80 valence electrons. The zero-order valence-corrected chi connectivity index (χ0v) is 9.30. The highest BCUT2D eigenvalue weighted by Gasteiger charge is 2.11. The number of rotatable bonds is 5. The van der Waals surface area contributed by atoms with Crippen LogP contribution in [0.3, 0.4) is 0 Å². The van der Waals surface area contributed by atoms with E-state index in [1.807, 2.05) is 0 Å². The zero-order chi connectivity index (χ0) is 10.2. The largest absolute Gasteiger partial charge is 0.303 e. The molecule has 0 heterocycles. The molecule has 1 nitrogen and oxygen atoms in total. The molecule has 0 aromatic heterocycles. The van der Waals surface area contributed by atoms with Gasteiger partial charge in [-0.1, -0.05) is 37.8 Å². The third-order valence-electron chi connectivity index (χ3n) is 3.16. The Bertz CT molecular complexity index is 187. The highest BCUT2D eigenvalue weighted by Crippen LogP contribution is 2.26. The average molecular weight is 194 g/mol. The highest BCUT2D eigenvalue weighted by molar-refractivity contribution is 5.49. The van der Waals surface area contributed by atoms with Crippen LogP contribution in [0.1, 0.15) is 58.3 Å². The lowest BCUT2D eigenvalue weighted by atomic mass is 9.87. The van der Waals surface area contributed by atoms with Gasteiger partial charge in [-0.05, 0) is 31.6 Å². The summed E-state index contributed by atoms with van der Waals surface area (Å²) in [4.78, 5) is 10.3. The van der Waals surface area contributed by atoms with Crippen molar-refractivity contribution in [2.45, 2.75) is 58.3 Å². The molecule has 0 atom stereocenters. The number of aldehydes is 1. The van der Waals surface area contributed by atoms with Gasteiger partial charge in [-0.25, -0.2) is 0 Å². The first kappa shape index (κ1) is 11.5. The summed E-state index contributed by atoms with van der Waals surface area (Å²) in [7, 11) is 0. The van der Waals surface area contributed by atoms with Crippen molar-refractivity contribution in [1.82, 2.24) is 0 Å². The fourth-order valence-electron chi connectivity index (χ4n) is 2.26. The number of carbonyl (C=O) groups is 1. The van der Waals surface area contributed by atoms with Crippen LogP contribution in [0, 0.1) is 5.92 Å². The first-order valence-electron chi connectivity index (χ1n) is 6.00. The van der Waals surface area contributed by atoms with Gasteiger partial charge >= 0.3 is 0 Å². The fraction of sp³-hybridized carbons (Fsp3) is 0.769. The van der Waals surface area contributed by atoms with Crippen molar-refractivity contribution in [2.75, 3.05) is 0 Å². The van der Waals surface area contributed by atoms with Crippen LogP contribution in [0.2, 0.25) is 0 Å². The Morgan fingerprint density at radius 2 is 2.00 bits per heavy atom. The van der Waals surface area contributed by atoms with Crippen molar-refractivity contribution in [3.05, 3.63) is 11.6 Å². The van der Waals surface area contributed by atoms with Crippen LogP contribution in [-0.2, 0) is 4.79 Å². The maximum atomic E-state index is 10.3. The van der Waals surface area contributed by atoms with E-state index in [0.717, 1.165) is 25.0 Å². The van der Waals surface area contributed by atoms with Gasteiger partial charge in [0, 0.05) is 6.42 Å². The second-order valence-electron chi connectivity index (χ2n) is 4.28. The molecule has 1 saturated carbocycles. The summed E-state index contributed by atoms with van der Waals surface area (Å²) < 4.78 is 0. The van der Waals surface area contributed by atoms with Crippen LogP contribution in [0.15, 0.2) is 11.6 Å². The normalized spacial score (nSPS) is 19.6. The maximum Gasteiger partial charge on any atom is 0.120 e. The Morgan fingerprint density at radius 1 is 1.29 bits per heavy atom. The molecule has 0 aromatic carbocycles. The Hall–Kier alpha value is -0.590. The van der Waals surface area contributed by atoms with Gasteiger partial charge < -0.3 is 4.79 Å². The predicted octanol–water partition coefficient (Wildman–Crippen LogP) is 3.88. The molecule has 1 aliphatic rings. The minimum absolute atomic E-state index is 0.701. The summed E-state index contributed by atoms with van der Waals surface area (Å²) in [6.45, 7) is 2.19. The summed E-state index contributed by atoms with van der Waals surface area (Å²) in [5.41, 5.74) is 1.49. The number of hydrogen-bond donors (Lipinski definition) is 0. The van der Waals surface area contributed by atoms with Crippen LogP contribution in [-0.4, -0.2) is 6.29 Å². The Balaban J connectivity index is 2.39. The van der Waals surface area contributed by atoms with E-state index in [4.69, 9.17) is 0 Å². The van der Waals surface area contributed by atoms with E-state index in [2.05, 4.69) is 13.0 Å². The van der Waals surface area contributed by atoms with Gasteiger partial charge in [0.2, 0.25) is 0 Å². The second kappa shape index (κ2) is 6.80. The van der Waals surface area contributed by atoms with Gasteiger partial charge in [0.05, 0.1) is 0 Å². The molecule has 0 bridgehead atoms.